The number of aromatic nitrogens is 1. The fraction of sp³-hybridized carbons (Fsp3) is 0.381. The predicted molar refractivity (Wildman–Crippen MR) is 105 cm³/mol. The van der Waals surface area contributed by atoms with Crippen LogP contribution in [0.5, 0.6) is 5.75 Å². The number of anilines is 2. The Labute approximate surface area is 159 Å². The Morgan fingerprint density at radius 2 is 2.07 bits per heavy atom. The highest BCUT2D eigenvalue weighted by Crippen LogP contribution is 2.36. The molecule has 0 radical (unpaired) electrons. The monoisotopic (exact) mass is 367 g/mol. The molecule has 1 aromatic heterocycles. The van der Waals surface area contributed by atoms with Crippen molar-refractivity contribution in [3.8, 4) is 5.75 Å². The molecule has 2 heterocycles. The Balaban J connectivity index is 1.91. The Morgan fingerprint density at radius 1 is 1.26 bits per heavy atom. The highest BCUT2D eigenvalue weighted by molar-refractivity contribution is 6.19. The number of ether oxygens (including phenoxy) is 1. The Hall–Kier alpha value is -2.89. The summed E-state index contributed by atoms with van der Waals surface area (Å²) in [5, 5.41) is 2.83. The van der Waals surface area contributed by atoms with Gasteiger partial charge in [0, 0.05) is 18.4 Å². The summed E-state index contributed by atoms with van der Waals surface area (Å²) in [5.41, 5.74) is 0.105. The number of rotatable bonds is 6. The van der Waals surface area contributed by atoms with E-state index in [1.54, 1.807) is 29.3 Å². The van der Waals surface area contributed by atoms with Gasteiger partial charge in [-0.05, 0) is 49.6 Å². The number of unbranched alkanes of at least 4 members (excludes halogenated alkanes) is 1. The largest absolute Gasteiger partial charge is 0.464 e. The summed E-state index contributed by atoms with van der Waals surface area (Å²) in [6.45, 7) is 6.11. The second kappa shape index (κ2) is 7.78. The minimum absolute atomic E-state index is 0.397. The summed E-state index contributed by atoms with van der Waals surface area (Å²) in [6.07, 6.45) is 4.23. The lowest BCUT2D eigenvalue weighted by molar-refractivity contribution is -0.145. The van der Waals surface area contributed by atoms with E-state index >= 15 is 0 Å². The average Bonchev–Trinajstić information content (AvgIpc) is 2.68. The zero-order valence-corrected chi connectivity index (χ0v) is 16.0. The topological polar surface area (TPSA) is 71.5 Å². The van der Waals surface area contributed by atoms with Crippen LogP contribution in [0.25, 0.3) is 0 Å². The molecule has 0 unspecified atom stereocenters. The first-order valence-electron chi connectivity index (χ1n) is 9.36. The molecule has 0 spiro atoms. The molecule has 6 nitrogen and oxygen atoms in total. The number of carbonyl (C=O) groups is 2. The lowest BCUT2D eigenvalue weighted by Crippen LogP contribution is -2.61. The Kier molecular flexibility index (Phi) is 5.44. The molecule has 142 valence electrons. The van der Waals surface area contributed by atoms with Crippen LogP contribution >= 0.6 is 0 Å². The molecule has 6 heteroatoms. The third-order valence-electron chi connectivity index (χ3n) is 4.74. The standard InChI is InChI=1S/C21H25N3O3/c1-4-6-13-24-18-17(11-8-12-22-18)27-21(3,20(24)26)19(25)23-16-10-7-9-15(5-2)14-16/h7-12,14H,4-6,13H2,1-3H3,(H,23,25)/t21-/m1/s1. The number of nitrogens with one attached hydrogen (secondary N) is 1. The van der Waals surface area contributed by atoms with E-state index in [1.807, 2.05) is 25.1 Å². The van der Waals surface area contributed by atoms with E-state index in [1.165, 1.54) is 6.92 Å². The van der Waals surface area contributed by atoms with Gasteiger partial charge in [0.05, 0.1) is 0 Å². The van der Waals surface area contributed by atoms with Gasteiger partial charge in [-0.1, -0.05) is 32.4 Å². The minimum atomic E-state index is -1.65. The van der Waals surface area contributed by atoms with E-state index in [0.717, 1.165) is 24.8 Å². The van der Waals surface area contributed by atoms with Crippen LogP contribution in [-0.4, -0.2) is 28.9 Å². The summed E-state index contributed by atoms with van der Waals surface area (Å²) in [5.74, 6) is 0.0189. The number of fused-ring (bicyclic) bond motifs is 1. The lowest BCUT2D eigenvalue weighted by atomic mass is 10.00. The number of hydrogen-bond donors (Lipinski definition) is 1. The van der Waals surface area contributed by atoms with Crippen molar-refractivity contribution in [1.29, 1.82) is 0 Å². The molecule has 0 saturated heterocycles. The van der Waals surface area contributed by atoms with Gasteiger partial charge in [-0.15, -0.1) is 0 Å². The smallest absolute Gasteiger partial charge is 0.282 e. The molecule has 2 aromatic rings. The normalized spacial score (nSPS) is 18.6. The molecule has 0 fully saturated rings. The average molecular weight is 367 g/mol. The molecular formula is C21H25N3O3. The van der Waals surface area contributed by atoms with Crippen molar-refractivity contribution < 1.29 is 14.3 Å². The molecule has 27 heavy (non-hydrogen) atoms. The lowest BCUT2D eigenvalue weighted by Gasteiger charge is -2.38. The van der Waals surface area contributed by atoms with Crippen LogP contribution in [0, 0.1) is 0 Å². The van der Waals surface area contributed by atoms with E-state index < -0.39 is 17.4 Å². The molecule has 1 atom stereocenters. The van der Waals surface area contributed by atoms with Crippen LogP contribution in [0.1, 0.15) is 39.2 Å². The third kappa shape index (κ3) is 3.65. The van der Waals surface area contributed by atoms with Crippen molar-refractivity contribution in [3.63, 3.8) is 0 Å². The molecule has 0 saturated carbocycles. The van der Waals surface area contributed by atoms with Gasteiger partial charge in [-0.25, -0.2) is 4.98 Å². The second-order valence-electron chi connectivity index (χ2n) is 6.78. The quantitative estimate of drug-likeness (QED) is 0.793. The molecule has 1 aromatic carbocycles. The van der Waals surface area contributed by atoms with Gasteiger partial charge in [0.1, 0.15) is 0 Å². The highest BCUT2D eigenvalue weighted by Gasteiger charge is 2.51. The molecule has 1 aliphatic rings. The number of hydrogen-bond acceptors (Lipinski definition) is 4. The van der Waals surface area contributed by atoms with Crippen LogP contribution in [0.3, 0.4) is 0 Å². The van der Waals surface area contributed by atoms with E-state index in [0.29, 0.717) is 23.8 Å². The minimum Gasteiger partial charge on any atom is -0.464 e. The van der Waals surface area contributed by atoms with Crippen molar-refractivity contribution in [2.24, 2.45) is 0 Å². The molecule has 1 aliphatic heterocycles. The Bertz CT molecular complexity index is 852. The van der Waals surface area contributed by atoms with Crippen molar-refractivity contribution in [1.82, 2.24) is 4.98 Å². The van der Waals surface area contributed by atoms with Crippen LogP contribution in [0.4, 0.5) is 11.5 Å². The first-order chi connectivity index (χ1) is 13.0. The third-order valence-corrected chi connectivity index (χ3v) is 4.74. The fourth-order valence-electron chi connectivity index (χ4n) is 3.07. The first-order valence-corrected chi connectivity index (χ1v) is 9.36. The van der Waals surface area contributed by atoms with Gasteiger partial charge in [-0.2, -0.15) is 0 Å². The summed E-state index contributed by atoms with van der Waals surface area (Å²) in [6, 6.07) is 11.0. The van der Waals surface area contributed by atoms with Crippen LogP contribution < -0.4 is 15.0 Å². The van der Waals surface area contributed by atoms with Gasteiger partial charge in [-0.3, -0.25) is 14.5 Å². The van der Waals surface area contributed by atoms with Gasteiger partial charge in [0.2, 0.25) is 0 Å². The van der Waals surface area contributed by atoms with Crippen LogP contribution in [-0.2, 0) is 16.0 Å². The van der Waals surface area contributed by atoms with Crippen LogP contribution in [0.15, 0.2) is 42.6 Å². The number of pyridine rings is 1. The van der Waals surface area contributed by atoms with Gasteiger partial charge >= 0.3 is 0 Å². The van der Waals surface area contributed by atoms with Gasteiger partial charge in [0.25, 0.3) is 17.4 Å². The molecule has 0 aliphatic carbocycles. The van der Waals surface area contributed by atoms with Crippen molar-refractivity contribution in [2.45, 2.75) is 45.6 Å². The van der Waals surface area contributed by atoms with Crippen LogP contribution in [0.2, 0.25) is 0 Å². The molecule has 0 bridgehead atoms. The maximum absolute atomic E-state index is 13.2. The number of nitrogens with zero attached hydrogens (tertiary/aromatic N) is 2. The number of aryl methyl sites for hydroxylation is 1. The zero-order valence-electron chi connectivity index (χ0n) is 16.0. The number of benzene rings is 1. The van der Waals surface area contributed by atoms with E-state index in [2.05, 4.69) is 17.2 Å². The summed E-state index contributed by atoms with van der Waals surface area (Å²) >= 11 is 0. The summed E-state index contributed by atoms with van der Waals surface area (Å²) in [4.78, 5) is 32.0. The predicted octanol–water partition coefficient (Wildman–Crippen LogP) is 3.57. The maximum atomic E-state index is 13.2. The van der Waals surface area contributed by atoms with Gasteiger partial charge < -0.3 is 10.1 Å². The Morgan fingerprint density at radius 3 is 2.81 bits per heavy atom. The van der Waals surface area contributed by atoms with Gasteiger partial charge in [0.15, 0.2) is 11.6 Å². The van der Waals surface area contributed by atoms with Crippen molar-refractivity contribution in [2.75, 3.05) is 16.8 Å². The highest BCUT2D eigenvalue weighted by atomic mass is 16.5. The summed E-state index contributed by atoms with van der Waals surface area (Å²) < 4.78 is 5.87. The molecule has 3 rings (SSSR count). The number of amides is 2. The molecule has 1 N–H and O–H groups in total. The maximum Gasteiger partial charge on any atom is 0.282 e. The van der Waals surface area contributed by atoms with Crippen molar-refractivity contribution in [3.05, 3.63) is 48.2 Å². The van der Waals surface area contributed by atoms with E-state index in [4.69, 9.17) is 4.74 Å². The van der Waals surface area contributed by atoms with E-state index in [9.17, 15) is 9.59 Å². The molecular weight excluding hydrogens is 342 g/mol. The van der Waals surface area contributed by atoms with E-state index in [-0.39, 0.29) is 0 Å². The SMILES string of the molecule is CCCCN1C(=O)[C@@](C)(C(=O)Nc2cccc(CC)c2)Oc2cccnc21. The fourth-order valence-corrected chi connectivity index (χ4v) is 3.07. The second-order valence-corrected chi connectivity index (χ2v) is 6.78. The summed E-state index contributed by atoms with van der Waals surface area (Å²) in [7, 11) is 0. The van der Waals surface area contributed by atoms with Crippen molar-refractivity contribution >= 4 is 23.3 Å². The first kappa shape index (κ1) is 18.9. The molecule has 2 amide bonds. The zero-order chi connectivity index (χ0) is 19.4. The number of carbonyl (C=O) groups excluding carboxylic acids is 2.